The first-order valence-electron chi connectivity index (χ1n) is 7.31. The highest BCUT2D eigenvalue weighted by Gasteiger charge is 2.27. The molecule has 3 heteroatoms. The lowest BCUT2D eigenvalue weighted by molar-refractivity contribution is 0.0279. The van der Waals surface area contributed by atoms with Crippen LogP contribution in [0, 0.1) is 0 Å². The summed E-state index contributed by atoms with van der Waals surface area (Å²) in [6.45, 7) is 3.96. The first-order chi connectivity index (χ1) is 9.33. The van der Waals surface area contributed by atoms with Gasteiger partial charge in [0.1, 0.15) is 5.75 Å². The third-order valence-electron chi connectivity index (χ3n) is 3.71. The molecule has 0 aromatic heterocycles. The molecule has 3 nitrogen and oxygen atoms in total. The Kier molecular flexibility index (Phi) is 5.67. The molecule has 19 heavy (non-hydrogen) atoms. The monoisotopic (exact) mass is 263 g/mol. The third kappa shape index (κ3) is 4.22. The number of ether oxygens (including phenoxy) is 2. The van der Waals surface area contributed by atoms with Crippen LogP contribution in [0.25, 0.3) is 0 Å². The average Bonchev–Trinajstić information content (AvgIpc) is 2.90. The fourth-order valence-corrected chi connectivity index (χ4v) is 2.65. The molecular formula is C16H25NO2. The molecule has 1 saturated carbocycles. The van der Waals surface area contributed by atoms with E-state index in [0.29, 0.717) is 18.8 Å². The zero-order chi connectivity index (χ0) is 13.5. The zero-order valence-corrected chi connectivity index (χ0v) is 12.0. The first kappa shape index (κ1) is 14.4. The molecule has 0 amide bonds. The van der Waals surface area contributed by atoms with Gasteiger partial charge in [-0.3, -0.25) is 0 Å². The smallest absolute Gasteiger partial charge is 0.119 e. The molecule has 1 N–H and O–H groups in total. The van der Waals surface area contributed by atoms with Gasteiger partial charge in [-0.1, -0.05) is 19.1 Å². The van der Waals surface area contributed by atoms with Crippen molar-refractivity contribution in [2.45, 2.75) is 51.4 Å². The van der Waals surface area contributed by atoms with Crippen LogP contribution in [0.15, 0.2) is 24.3 Å². The number of nitrogens with one attached hydrogen (secondary N) is 1. The van der Waals surface area contributed by atoms with Gasteiger partial charge in [0, 0.05) is 6.04 Å². The predicted octanol–water partition coefficient (Wildman–Crippen LogP) is 3.13. The number of benzene rings is 1. The molecule has 2 rings (SSSR count). The minimum absolute atomic E-state index is 0.359. The maximum atomic E-state index is 6.08. The van der Waals surface area contributed by atoms with Gasteiger partial charge in [-0.2, -0.15) is 0 Å². The molecule has 0 heterocycles. The van der Waals surface area contributed by atoms with E-state index in [1.807, 2.05) is 18.2 Å². The SMILES string of the molecule is CCCNC1CCCC1OCc1cccc(OC)c1. The van der Waals surface area contributed by atoms with E-state index in [-0.39, 0.29) is 0 Å². The molecule has 1 aromatic rings. The van der Waals surface area contributed by atoms with E-state index in [0.717, 1.165) is 12.3 Å². The van der Waals surface area contributed by atoms with Crippen molar-refractivity contribution in [3.63, 3.8) is 0 Å². The van der Waals surface area contributed by atoms with Crippen LogP contribution < -0.4 is 10.1 Å². The Labute approximate surface area is 116 Å². The summed E-state index contributed by atoms with van der Waals surface area (Å²) in [4.78, 5) is 0. The first-order valence-corrected chi connectivity index (χ1v) is 7.31. The number of hydrogen-bond acceptors (Lipinski definition) is 3. The molecule has 1 aliphatic carbocycles. The van der Waals surface area contributed by atoms with Gasteiger partial charge in [-0.05, 0) is 49.9 Å². The fraction of sp³-hybridized carbons (Fsp3) is 0.625. The van der Waals surface area contributed by atoms with Crippen LogP contribution in [0.1, 0.15) is 38.2 Å². The molecule has 106 valence electrons. The highest BCUT2D eigenvalue weighted by atomic mass is 16.5. The molecule has 0 aliphatic heterocycles. The molecule has 0 spiro atoms. The van der Waals surface area contributed by atoms with E-state index in [9.17, 15) is 0 Å². The Morgan fingerprint density at radius 1 is 1.32 bits per heavy atom. The Hall–Kier alpha value is -1.06. The van der Waals surface area contributed by atoms with Crippen LogP contribution in [-0.2, 0) is 11.3 Å². The Morgan fingerprint density at radius 3 is 3.00 bits per heavy atom. The van der Waals surface area contributed by atoms with Gasteiger partial charge in [0.05, 0.1) is 19.8 Å². The molecule has 2 unspecified atom stereocenters. The molecule has 2 atom stereocenters. The van der Waals surface area contributed by atoms with Gasteiger partial charge in [-0.15, -0.1) is 0 Å². The number of rotatable bonds is 7. The quantitative estimate of drug-likeness (QED) is 0.820. The normalized spacial score (nSPS) is 22.6. The standard InChI is InChI=1S/C16H25NO2/c1-3-10-17-15-8-5-9-16(15)19-12-13-6-4-7-14(11-13)18-2/h4,6-7,11,15-17H,3,5,8-10,12H2,1-2H3. The van der Waals surface area contributed by atoms with Crippen molar-refractivity contribution in [3.05, 3.63) is 29.8 Å². The van der Waals surface area contributed by atoms with E-state index >= 15 is 0 Å². The average molecular weight is 263 g/mol. The minimum Gasteiger partial charge on any atom is -0.497 e. The number of hydrogen-bond donors (Lipinski definition) is 1. The minimum atomic E-state index is 0.359. The van der Waals surface area contributed by atoms with Gasteiger partial charge in [0.15, 0.2) is 0 Å². The maximum absolute atomic E-state index is 6.08. The predicted molar refractivity (Wildman–Crippen MR) is 77.5 cm³/mol. The summed E-state index contributed by atoms with van der Waals surface area (Å²) in [5.74, 6) is 0.896. The second-order valence-corrected chi connectivity index (χ2v) is 5.19. The van der Waals surface area contributed by atoms with Gasteiger partial charge in [0.2, 0.25) is 0 Å². The zero-order valence-electron chi connectivity index (χ0n) is 12.0. The van der Waals surface area contributed by atoms with E-state index < -0.39 is 0 Å². The Balaban J connectivity index is 1.83. The summed E-state index contributed by atoms with van der Waals surface area (Å²) < 4.78 is 11.3. The van der Waals surface area contributed by atoms with Gasteiger partial charge in [-0.25, -0.2) is 0 Å². The largest absolute Gasteiger partial charge is 0.497 e. The van der Waals surface area contributed by atoms with Crippen molar-refractivity contribution in [1.29, 1.82) is 0 Å². The van der Waals surface area contributed by atoms with Crippen molar-refractivity contribution in [1.82, 2.24) is 5.32 Å². The highest BCUT2D eigenvalue weighted by Crippen LogP contribution is 2.24. The Bertz CT molecular complexity index is 381. The molecule has 1 aromatic carbocycles. The summed E-state index contributed by atoms with van der Waals surface area (Å²) in [6.07, 6.45) is 5.22. The van der Waals surface area contributed by atoms with Crippen molar-refractivity contribution in [2.24, 2.45) is 0 Å². The van der Waals surface area contributed by atoms with Crippen LogP contribution in [0.5, 0.6) is 5.75 Å². The Morgan fingerprint density at radius 2 is 2.21 bits per heavy atom. The van der Waals surface area contributed by atoms with Crippen LogP contribution in [0.4, 0.5) is 0 Å². The third-order valence-corrected chi connectivity index (χ3v) is 3.71. The summed E-state index contributed by atoms with van der Waals surface area (Å²) in [5.41, 5.74) is 1.18. The van der Waals surface area contributed by atoms with Crippen LogP contribution >= 0.6 is 0 Å². The summed E-state index contributed by atoms with van der Waals surface area (Å²) in [7, 11) is 1.70. The fourth-order valence-electron chi connectivity index (χ4n) is 2.65. The maximum Gasteiger partial charge on any atom is 0.119 e. The van der Waals surface area contributed by atoms with Gasteiger partial charge in [0.25, 0.3) is 0 Å². The second-order valence-electron chi connectivity index (χ2n) is 5.19. The molecule has 0 bridgehead atoms. The van der Waals surface area contributed by atoms with Crippen LogP contribution in [0.2, 0.25) is 0 Å². The van der Waals surface area contributed by atoms with E-state index in [4.69, 9.17) is 9.47 Å². The van der Waals surface area contributed by atoms with E-state index in [2.05, 4.69) is 18.3 Å². The second kappa shape index (κ2) is 7.51. The summed E-state index contributed by atoms with van der Waals surface area (Å²) in [5, 5.41) is 3.59. The molecular weight excluding hydrogens is 238 g/mol. The van der Waals surface area contributed by atoms with Gasteiger partial charge >= 0.3 is 0 Å². The summed E-state index contributed by atoms with van der Waals surface area (Å²) >= 11 is 0. The molecule has 0 radical (unpaired) electrons. The van der Waals surface area contributed by atoms with Crippen molar-refractivity contribution in [3.8, 4) is 5.75 Å². The van der Waals surface area contributed by atoms with Crippen LogP contribution in [-0.4, -0.2) is 25.8 Å². The lowest BCUT2D eigenvalue weighted by atomic mass is 10.2. The highest BCUT2D eigenvalue weighted by molar-refractivity contribution is 5.27. The lowest BCUT2D eigenvalue weighted by Crippen LogP contribution is -2.37. The van der Waals surface area contributed by atoms with E-state index in [1.54, 1.807) is 7.11 Å². The lowest BCUT2D eigenvalue weighted by Gasteiger charge is -2.21. The van der Waals surface area contributed by atoms with Crippen molar-refractivity contribution >= 4 is 0 Å². The van der Waals surface area contributed by atoms with Crippen molar-refractivity contribution < 1.29 is 9.47 Å². The van der Waals surface area contributed by atoms with Crippen LogP contribution in [0.3, 0.4) is 0 Å². The topological polar surface area (TPSA) is 30.5 Å². The molecule has 1 fully saturated rings. The molecule has 1 aliphatic rings. The summed E-state index contributed by atoms with van der Waals surface area (Å²) in [6, 6.07) is 8.64. The van der Waals surface area contributed by atoms with E-state index in [1.165, 1.54) is 31.2 Å². The van der Waals surface area contributed by atoms with Crippen molar-refractivity contribution in [2.75, 3.05) is 13.7 Å². The molecule has 0 saturated heterocycles. The number of methoxy groups -OCH3 is 1. The van der Waals surface area contributed by atoms with Gasteiger partial charge < -0.3 is 14.8 Å².